The molecule has 1 fully saturated rings. The topological polar surface area (TPSA) is 98.7 Å². The molecule has 3 rings (SSSR count). The van der Waals surface area contributed by atoms with Crippen LogP contribution in [0.4, 0.5) is 5.69 Å². The van der Waals surface area contributed by atoms with Crippen LogP contribution in [0, 0.1) is 23.7 Å². The largest absolute Gasteiger partial charge is 0.394 e. The molecule has 1 aromatic carbocycles. The van der Waals surface area contributed by atoms with E-state index >= 15 is 0 Å². The van der Waals surface area contributed by atoms with Crippen molar-refractivity contribution in [3.63, 3.8) is 0 Å². The van der Waals surface area contributed by atoms with E-state index in [-0.39, 0.29) is 30.2 Å². The lowest BCUT2D eigenvalue weighted by molar-refractivity contribution is -0.142. The van der Waals surface area contributed by atoms with Crippen LogP contribution >= 0.6 is 11.6 Å². The van der Waals surface area contributed by atoms with Gasteiger partial charge in [-0.1, -0.05) is 30.7 Å². The first-order valence-electron chi connectivity index (χ1n) is 9.69. The van der Waals surface area contributed by atoms with E-state index in [1.807, 2.05) is 19.1 Å². The predicted octanol–water partition coefficient (Wildman–Crippen LogP) is 1.67. The van der Waals surface area contributed by atoms with Crippen molar-refractivity contribution in [2.24, 2.45) is 23.7 Å². The third kappa shape index (κ3) is 3.89. The number of halogens is 1. The molecular weight excluding hydrogens is 394 g/mol. The number of likely N-dealkylation sites (tertiary alicyclic amines) is 1. The Balaban J connectivity index is 1.97. The van der Waals surface area contributed by atoms with Crippen molar-refractivity contribution in [2.75, 3.05) is 19.0 Å². The molecular formula is C21H26ClN3O4. The molecule has 0 bridgehead atoms. The molecule has 0 aromatic heterocycles. The lowest BCUT2D eigenvalue weighted by atomic mass is 9.70. The number of nitrogens with zero attached hydrogens (tertiary/aromatic N) is 1. The number of hydrogen-bond acceptors (Lipinski definition) is 4. The average Bonchev–Trinajstić information content (AvgIpc) is 3.01. The van der Waals surface area contributed by atoms with Crippen LogP contribution in [0.1, 0.15) is 13.8 Å². The van der Waals surface area contributed by atoms with E-state index in [4.69, 9.17) is 11.6 Å². The standard InChI is InChI=1S/C21H26ClN3O4/c1-11-4-9-15-17(16(11)19(27)23-3)21(29)25(12(2)10-26)18(15)20(28)24-14-7-5-13(22)6-8-14/h4-9,11-12,15-18,26H,10H2,1-3H3,(H,23,27)(H,24,28)/t11-,12-,15+,16-,17+,18+/m1/s1. The van der Waals surface area contributed by atoms with E-state index < -0.39 is 29.8 Å². The monoisotopic (exact) mass is 419 g/mol. The number of fused-ring (bicyclic) bond motifs is 1. The van der Waals surface area contributed by atoms with Crippen LogP contribution in [0.15, 0.2) is 36.4 Å². The van der Waals surface area contributed by atoms with Crippen LogP contribution in [0.25, 0.3) is 0 Å². The minimum Gasteiger partial charge on any atom is -0.394 e. The van der Waals surface area contributed by atoms with Gasteiger partial charge in [0.15, 0.2) is 0 Å². The lowest BCUT2D eigenvalue weighted by Crippen LogP contribution is -2.49. The summed E-state index contributed by atoms with van der Waals surface area (Å²) in [6.07, 6.45) is 3.76. The van der Waals surface area contributed by atoms with E-state index in [0.29, 0.717) is 10.7 Å². The third-order valence-electron chi connectivity index (χ3n) is 5.88. The molecule has 3 amide bonds. The molecule has 2 aliphatic rings. The number of aliphatic hydroxyl groups excluding tert-OH is 1. The fourth-order valence-corrected chi connectivity index (χ4v) is 4.55. The van der Waals surface area contributed by atoms with Crippen LogP contribution in [-0.2, 0) is 14.4 Å². The quantitative estimate of drug-likeness (QED) is 0.632. The fraction of sp³-hybridized carbons (Fsp3) is 0.476. The predicted molar refractivity (Wildman–Crippen MR) is 110 cm³/mol. The Hall–Kier alpha value is -2.38. The van der Waals surface area contributed by atoms with Gasteiger partial charge in [0.2, 0.25) is 17.7 Å². The molecule has 0 radical (unpaired) electrons. The molecule has 156 valence electrons. The molecule has 1 heterocycles. The van der Waals surface area contributed by atoms with Crippen molar-refractivity contribution in [1.82, 2.24) is 10.2 Å². The van der Waals surface area contributed by atoms with Gasteiger partial charge in [-0.25, -0.2) is 0 Å². The molecule has 7 nitrogen and oxygen atoms in total. The molecule has 6 atom stereocenters. The zero-order valence-electron chi connectivity index (χ0n) is 16.6. The van der Waals surface area contributed by atoms with Gasteiger partial charge in [0.1, 0.15) is 6.04 Å². The van der Waals surface area contributed by atoms with E-state index in [9.17, 15) is 19.5 Å². The van der Waals surface area contributed by atoms with Gasteiger partial charge in [0.25, 0.3) is 0 Å². The molecule has 8 heteroatoms. The molecule has 29 heavy (non-hydrogen) atoms. The number of anilines is 1. The Morgan fingerprint density at radius 3 is 2.45 bits per heavy atom. The summed E-state index contributed by atoms with van der Waals surface area (Å²) < 4.78 is 0. The highest BCUT2D eigenvalue weighted by Crippen LogP contribution is 2.44. The molecule has 0 saturated carbocycles. The second kappa shape index (κ2) is 8.55. The van der Waals surface area contributed by atoms with Crippen molar-refractivity contribution in [3.8, 4) is 0 Å². The summed E-state index contributed by atoms with van der Waals surface area (Å²) >= 11 is 5.90. The van der Waals surface area contributed by atoms with E-state index in [2.05, 4.69) is 10.6 Å². The number of aliphatic hydroxyl groups is 1. The maximum Gasteiger partial charge on any atom is 0.247 e. The van der Waals surface area contributed by atoms with E-state index in [1.54, 1.807) is 38.2 Å². The lowest BCUT2D eigenvalue weighted by Gasteiger charge is -2.32. The smallest absolute Gasteiger partial charge is 0.247 e. The normalized spacial score (nSPS) is 29.3. The minimum absolute atomic E-state index is 0.135. The molecule has 0 spiro atoms. The summed E-state index contributed by atoms with van der Waals surface area (Å²) in [5, 5.41) is 15.7. The Labute approximate surface area is 175 Å². The number of carbonyl (C=O) groups excluding carboxylic acids is 3. The first kappa shape index (κ1) is 21.3. The van der Waals surface area contributed by atoms with E-state index in [1.165, 1.54) is 4.90 Å². The van der Waals surface area contributed by atoms with Gasteiger partial charge in [-0.2, -0.15) is 0 Å². The summed E-state index contributed by atoms with van der Waals surface area (Å²) in [5.74, 6) is -2.66. The molecule has 1 aliphatic heterocycles. The Bertz CT molecular complexity index is 826. The Morgan fingerprint density at radius 2 is 1.86 bits per heavy atom. The molecule has 0 unspecified atom stereocenters. The summed E-state index contributed by atoms with van der Waals surface area (Å²) in [4.78, 5) is 40.5. The van der Waals surface area contributed by atoms with Gasteiger partial charge in [0, 0.05) is 23.7 Å². The number of hydrogen-bond donors (Lipinski definition) is 3. The maximum absolute atomic E-state index is 13.3. The second-order valence-corrected chi connectivity index (χ2v) is 8.14. The molecule has 1 saturated heterocycles. The highest BCUT2D eigenvalue weighted by Gasteiger charge is 2.57. The van der Waals surface area contributed by atoms with Gasteiger partial charge in [-0.15, -0.1) is 0 Å². The highest BCUT2D eigenvalue weighted by atomic mass is 35.5. The van der Waals surface area contributed by atoms with Crippen LogP contribution < -0.4 is 10.6 Å². The van der Waals surface area contributed by atoms with Gasteiger partial charge in [-0.3, -0.25) is 14.4 Å². The van der Waals surface area contributed by atoms with Crippen molar-refractivity contribution >= 4 is 35.0 Å². The Morgan fingerprint density at radius 1 is 1.21 bits per heavy atom. The zero-order valence-corrected chi connectivity index (χ0v) is 17.4. The summed E-state index contributed by atoms with van der Waals surface area (Å²) in [6, 6.07) is 5.32. The SMILES string of the molecule is CNC(=O)[C@H]1[C@H]2C(=O)N([C@H](C)CO)[C@H](C(=O)Nc3ccc(Cl)cc3)[C@H]2C=C[C@H]1C. The first-order valence-corrected chi connectivity index (χ1v) is 10.1. The summed E-state index contributed by atoms with van der Waals surface area (Å²) in [6.45, 7) is 3.31. The van der Waals surface area contributed by atoms with Crippen LogP contribution in [0.2, 0.25) is 5.02 Å². The number of amides is 3. The molecule has 3 N–H and O–H groups in total. The molecule has 1 aliphatic carbocycles. The minimum atomic E-state index is -0.818. The van der Waals surface area contributed by atoms with Crippen molar-refractivity contribution in [2.45, 2.75) is 25.9 Å². The van der Waals surface area contributed by atoms with Gasteiger partial charge in [-0.05, 0) is 37.1 Å². The van der Waals surface area contributed by atoms with E-state index in [0.717, 1.165) is 0 Å². The van der Waals surface area contributed by atoms with Crippen LogP contribution in [-0.4, -0.2) is 53.5 Å². The average molecular weight is 420 g/mol. The third-order valence-corrected chi connectivity index (χ3v) is 6.13. The number of benzene rings is 1. The van der Waals surface area contributed by atoms with Gasteiger partial charge in [0.05, 0.1) is 24.5 Å². The number of allylic oxidation sites excluding steroid dienone is 1. The first-order chi connectivity index (χ1) is 13.8. The molecule has 1 aromatic rings. The zero-order chi connectivity index (χ0) is 21.3. The van der Waals surface area contributed by atoms with Crippen LogP contribution in [0.3, 0.4) is 0 Å². The summed E-state index contributed by atoms with van der Waals surface area (Å²) in [5.41, 5.74) is 0.558. The fourth-order valence-electron chi connectivity index (χ4n) is 4.42. The van der Waals surface area contributed by atoms with Crippen molar-refractivity contribution in [1.29, 1.82) is 0 Å². The van der Waals surface area contributed by atoms with Gasteiger partial charge >= 0.3 is 0 Å². The number of carbonyl (C=O) groups is 3. The maximum atomic E-state index is 13.3. The highest BCUT2D eigenvalue weighted by molar-refractivity contribution is 6.30. The second-order valence-electron chi connectivity index (χ2n) is 7.71. The van der Waals surface area contributed by atoms with Crippen molar-refractivity contribution in [3.05, 3.63) is 41.4 Å². The van der Waals surface area contributed by atoms with Gasteiger partial charge < -0.3 is 20.6 Å². The Kier molecular flexibility index (Phi) is 6.29. The number of nitrogens with one attached hydrogen (secondary N) is 2. The number of rotatable bonds is 5. The van der Waals surface area contributed by atoms with Crippen molar-refractivity contribution < 1.29 is 19.5 Å². The van der Waals surface area contributed by atoms with Crippen LogP contribution in [0.5, 0.6) is 0 Å². The summed E-state index contributed by atoms with van der Waals surface area (Å²) in [7, 11) is 1.54.